The first-order chi connectivity index (χ1) is 15.9. The monoisotopic (exact) mass is 464 g/mol. The predicted molar refractivity (Wildman–Crippen MR) is 135 cm³/mol. The maximum atomic E-state index is 16.1. The van der Waals surface area contributed by atoms with Crippen molar-refractivity contribution in [2.45, 2.75) is 45.7 Å². The van der Waals surface area contributed by atoms with E-state index in [0.29, 0.717) is 6.42 Å². The molecular formula is C28H30F2N2S. The van der Waals surface area contributed by atoms with Crippen molar-refractivity contribution in [3.63, 3.8) is 0 Å². The number of alkyl halides is 1. The SMILES string of the molecule is C=CC(=C)S/C=C(\C/C=C\C)C(F)C1CCC2=Cc3c(cnn3-c3ccc(F)cc3)CC21C. The van der Waals surface area contributed by atoms with E-state index >= 15 is 4.39 Å². The van der Waals surface area contributed by atoms with Crippen LogP contribution in [0.4, 0.5) is 8.78 Å². The van der Waals surface area contributed by atoms with E-state index in [1.807, 2.05) is 35.4 Å². The number of aromatic nitrogens is 2. The molecule has 0 spiro atoms. The van der Waals surface area contributed by atoms with Crippen LogP contribution in [-0.4, -0.2) is 16.0 Å². The Morgan fingerprint density at radius 1 is 1.36 bits per heavy atom. The molecule has 5 heteroatoms. The van der Waals surface area contributed by atoms with Crippen molar-refractivity contribution < 1.29 is 8.78 Å². The summed E-state index contributed by atoms with van der Waals surface area (Å²) in [4.78, 5) is 0.814. The molecule has 1 aromatic carbocycles. The van der Waals surface area contributed by atoms with Gasteiger partial charge in [0.1, 0.15) is 12.0 Å². The molecule has 3 unspecified atom stereocenters. The van der Waals surface area contributed by atoms with Gasteiger partial charge in [-0.25, -0.2) is 13.5 Å². The van der Waals surface area contributed by atoms with E-state index < -0.39 is 6.17 Å². The number of hydrogen-bond acceptors (Lipinski definition) is 2. The first-order valence-electron chi connectivity index (χ1n) is 11.3. The first kappa shape index (κ1) is 23.5. The van der Waals surface area contributed by atoms with Gasteiger partial charge >= 0.3 is 0 Å². The molecular weight excluding hydrogens is 434 g/mol. The standard InChI is InChI=1S/C28H30F2N2S/c1-5-7-8-20(18-33-19(3)6-2)27(30)25-14-9-22-15-26-21(16-28(22,25)4)17-31-32(26)24-12-10-23(29)11-13-24/h5-7,10-13,15,17-18,25,27H,2-3,8-9,14,16H2,1,4H3/b7-5-,20-18+. The van der Waals surface area contributed by atoms with E-state index in [-0.39, 0.29) is 17.2 Å². The van der Waals surface area contributed by atoms with Gasteiger partial charge in [-0.1, -0.05) is 55.6 Å². The summed E-state index contributed by atoms with van der Waals surface area (Å²) in [5.41, 5.74) is 4.78. The molecule has 1 fully saturated rings. The van der Waals surface area contributed by atoms with Gasteiger partial charge in [-0.05, 0) is 84.9 Å². The van der Waals surface area contributed by atoms with Crippen LogP contribution in [-0.2, 0) is 6.42 Å². The quantitative estimate of drug-likeness (QED) is 0.291. The van der Waals surface area contributed by atoms with Crippen molar-refractivity contribution in [1.29, 1.82) is 0 Å². The van der Waals surface area contributed by atoms with Crippen molar-refractivity contribution >= 4 is 17.8 Å². The molecule has 0 radical (unpaired) electrons. The van der Waals surface area contributed by atoms with E-state index in [2.05, 4.69) is 31.3 Å². The number of allylic oxidation sites excluding steroid dienone is 5. The topological polar surface area (TPSA) is 17.8 Å². The summed E-state index contributed by atoms with van der Waals surface area (Å²) in [6.45, 7) is 11.8. The molecule has 1 heterocycles. The average molecular weight is 465 g/mol. The first-order valence-corrected chi connectivity index (χ1v) is 12.2. The summed E-state index contributed by atoms with van der Waals surface area (Å²) >= 11 is 1.44. The molecule has 2 aliphatic rings. The number of benzene rings is 1. The maximum absolute atomic E-state index is 16.1. The highest BCUT2D eigenvalue weighted by Gasteiger charge is 2.49. The zero-order valence-electron chi connectivity index (χ0n) is 19.2. The lowest BCUT2D eigenvalue weighted by Crippen LogP contribution is -2.35. The zero-order valence-corrected chi connectivity index (χ0v) is 20.0. The van der Waals surface area contributed by atoms with Gasteiger partial charge in [-0.2, -0.15) is 5.10 Å². The minimum Gasteiger partial charge on any atom is -0.242 e. The Kier molecular flexibility index (Phi) is 6.89. The van der Waals surface area contributed by atoms with Crippen LogP contribution in [0.2, 0.25) is 0 Å². The van der Waals surface area contributed by atoms with E-state index in [4.69, 9.17) is 0 Å². The number of nitrogens with zero attached hydrogens (tertiary/aromatic N) is 2. The fraction of sp³-hybridized carbons (Fsp3) is 0.321. The van der Waals surface area contributed by atoms with Crippen molar-refractivity contribution in [3.8, 4) is 5.69 Å². The molecule has 0 saturated heterocycles. The van der Waals surface area contributed by atoms with E-state index in [1.54, 1.807) is 18.2 Å². The van der Waals surface area contributed by atoms with Gasteiger partial charge in [0.15, 0.2) is 0 Å². The summed E-state index contributed by atoms with van der Waals surface area (Å²) in [6.07, 6.45) is 11.7. The minimum atomic E-state index is -1.03. The molecule has 2 aromatic rings. The second-order valence-corrected chi connectivity index (χ2v) is 10.0. The largest absolute Gasteiger partial charge is 0.242 e. The molecule has 3 atom stereocenters. The highest BCUT2D eigenvalue weighted by atomic mass is 32.2. The lowest BCUT2D eigenvalue weighted by Gasteiger charge is -2.38. The third-order valence-electron chi connectivity index (χ3n) is 6.99. The third-order valence-corrected chi connectivity index (χ3v) is 7.88. The van der Waals surface area contributed by atoms with Crippen LogP contribution in [0, 0.1) is 17.2 Å². The Hall–Kier alpha value is -2.66. The second kappa shape index (κ2) is 9.68. The average Bonchev–Trinajstić information content (AvgIpc) is 3.36. The highest BCUT2D eigenvalue weighted by Crippen LogP contribution is 2.56. The molecule has 0 amide bonds. The number of fused-ring (bicyclic) bond motifs is 2. The smallest absolute Gasteiger partial charge is 0.126 e. The molecule has 0 aliphatic heterocycles. The molecule has 172 valence electrons. The molecule has 33 heavy (non-hydrogen) atoms. The third kappa shape index (κ3) is 4.56. The van der Waals surface area contributed by atoms with Crippen LogP contribution in [0.25, 0.3) is 11.8 Å². The van der Waals surface area contributed by atoms with Gasteiger partial charge in [-0.15, -0.1) is 0 Å². The molecule has 4 rings (SSSR count). The normalized spacial score (nSPS) is 23.2. The Morgan fingerprint density at radius 3 is 2.82 bits per heavy atom. The molecule has 0 bridgehead atoms. The molecule has 0 N–H and O–H groups in total. The van der Waals surface area contributed by atoms with Crippen molar-refractivity contribution in [1.82, 2.24) is 9.78 Å². The predicted octanol–water partition coefficient (Wildman–Crippen LogP) is 7.99. The Morgan fingerprint density at radius 2 is 2.12 bits per heavy atom. The summed E-state index contributed by atoms with van der Waals surface area (Å²) < 4.78 is 31.3. The van der Waals surface area contributed by atoms with Gasteiger partial charge in [0, 0.05) is 10.8 Å². The molecule has 2 nitrogen and oxygen atoms in total. The van der Waals surface area contributed by atoms with Gasteiger partial charge in [-0.3, -0.25) is 0 Å². The van der Waals surface area contributed by atoms with Gasteiger partial charge < -0.3 is 0 Å². The van der Waals surface area contributed by atoms with Crippen molar-refractivity contribution in [3.05, 3.63) is 100 Å². The summed E-state index contributed by atoms with van der Waals surface area (Å²) in [7, 11) is 0. The van der Waals surface area contributed by atoms with Crippen LogP contribution < -0.4 is 0 Å². The zero-order chi connectivity index (χ0) is 23.6. The fourth-order valence-electron chi connectivity index (χ4n) is 5.07. The number of thioether (sulfide) groups is 1. The van der Waals surface area contributed by atoms with Crippen LogP contribution >= 0.6 is 11.8 Å². The number of rotatable bonds is 8. The van der Waals surface area contributed by atoms with E-state index in [0.717, 1.165) is 46.7 Å². The summed E-state index contributed by atoms with van der Waals surface area (Å²) in [5.74, 6) is -0.366. The molecule has 1 saturated carbocycles. The lowest BCUT2D eigenvalue weighted by atomic mass is 9.67. The van der Waals surface area contributed by atoms with Gasteiger partial charge in [0.05, 0.1) is 17.6 Å². The van der Waals surface area contributed by atoms with Crippen LogP contribution in [0.5, 0.6) is 0 Å². The minimum absolute atomic E-state index is 0.0971. The Labute approximate surface area is 199 Å². The fourth-order valence-corrected chi connectivity index (χ4v) is 5.70. The summed E-state index contributed by atoms with van der Waals surface area (Å²) in [5, 5.41) is 6.49. The van der Waals surface area contributed by atoms with E-state index in [1.165, 1.54) is 29.5 Å². The van der Waals surface area contributed by atoms with Crippen molar-refractivity contribution in [2.75, 3.05) is 0 Å². The Balaban J connectivity index is 1.63. The molecule has 2 aliphatic carbocycles. The molecule has 1 aromatic heterocycles. The maximum Gasteiger partial charge on any atom is 0.126 e. The van der Waals surface area contributed by atoms with Gasteiger partial charge in [0.2, 0.25) is 0 Å². The summed E-state index contributed by atoms with van der Waals surface area (Å²) in [6, 6.07) is 6.36. The second-order valence-electron chi connectivity index (χ2n) is 9.01. The van der Waals surface area contributed by atoms with Gasteiger partial charge in [0.25, 0.3) is 0 Å². The van der Waals surface area contributed by atoms with Crippen LogP contribution in [0.3, 0.4) is 0 Å². The highest BCUT2D eigenvalue weighted by molar-refractivity contribution is 8.06. The van der Waals surface area contributed by atoms with E-state index in [9.17, 15) is 4.39 Å². The van der Waals surface area contributed by atoms with Crippen LogP contribution in [0.1, 0.15) is 44.4 Å². The lowest BCUT2D eigenvalue weighted by molar-refractivity contribution is 0.159. The number of halogens is 2. The van der Waals surface area contributed by atoms with Crippen LogP contribution in [0.15, 0.2) is 83.3 Å². The number of hydrogen-bond donors (Lipinski definition) is 0. The Bertz CT molecular complexity index is 1140. The van der Waals surface area contributed by atoms with Crippen molar-refractivity contribution in [2.24, 2.45) is 11.3 Å².